The number of pyridine rings is 1. The number of alkyl halides is 3. The summed E-state index contributed by atoms with van der Waals surface area (Å²) >= 11 is 0. The van der Waals surface area contributed by atoms with Crippen LogP contribution in [0.1, 0.15) is 12.8 Å². The second-order valence-corrected chi connectivity index (χ2v) is 8.64. The molecule has 3 saturated heterocycles. The molecule has 0 spiro atoms. The molecule has 0 aromatic carbocycles. The number of aromatic nitrogens is 3. The maximum absolute atomic E-state index is 12.8. The van der Waals surface area contributed by atoms with Crippen molar-refractivity contribution >= 4 is 23.5 Å². The van der Waals surface area contributed by atoms with Gasteiger partial charge in [0.05, 0.1) is 30.2 Å². The molecule has 0 N–H and O–H groups in total. The highest BCUT2D eigenvalue weighted by atomic mass is 19.4. The van der Waals surface area contributed by atoms with E-state index in [0.717, 1.165) is 19.5 Å². The predicted molar refractivity (Wildman–Crippen MR) is 116 cm³/mol. The fraction of sp³-hybridized carbons (Fsp3) is 0.500. The van der Waals surface area contributed by atoms with Crippen molar-refractivity contribution in [2.75, 3.05) is 49.1 Å². The highest BCUT2D eigenvalue weighted by molar-refractivity contribution is 5.98. The van der Waals surface area contributed by atoms with Crippen LogP contribution in [0.3, 0.4) is 0 Å². The molecular formula is C22H23F3N6O4. The van der Waals surface area contributed by atoms with Crippen LogP contribution in [0, 0.1) is 5.92 Å². The summed E-state index contributed by atoms with van der Waals surface area (Å²) in [6.45, 7) is 1.82. The van der Waals surface area contributed by atoms with E-state index in [1.54, 1.807) is 12.4 Å². The van der Waals surface area contributed by atoms with Crippen LogP contribution in [0.4, 0.5) is 24.8 Å². The number of anilines is 2. The Morgan fingerprint density at radius 3 is 2.40 bits per heavy atom. The molecule has 0 unspecified atom stereocenters. The van der Waals surface area contributed by atoms with Crippen molar-refractivity contribution in [3.8, 4) is 11.6 Å². The topological polar surface area (TPSA) is 101 Å². The molecule has 10 nitrogen and oxygen atoms in total. The van der Waals surface area contributed by atoms with E-state index in [-0.39, 0.29) is 29.4 Å². The highest BCUT2D eigenvalue weighted by Gasteiger charge is 2.39. The van der Waals surface area contributed by atoms with E-state index in [1.807, 2.05) is 9.80 Å². The summed E-state index contributed by atoms with van der Waals surface area (Å²) in [5.74, 6) is 0.469. The fourth-order valence-electron chi connectivity index (χ4n) is 4.07. The number of ether oxygens (including phenoxy) is 2. The number of amides is 2. The number of nitrogens with zero attached hydrogens (tertiary/aromatic N) is 6. The predicted octanol–water partition coefficient (Wildman–Crippen LogP) is 1.67. The summed E-state index contributed by atoms with van der Waals surface area (Å²) in [4.78, 5) is 42.9. The monoisotopic (exact) mass is 492 g/mol. The van der Waals surface area contributed by atoms with E-state index in [4.69, 9.17) is 4.74 Å². The smallest absolute Gasteiger partial charge is 0.422 e. The Morgan fingerprint density at radius 2 is 1.80 bits per heavy atom. The van der Waals surface area contributed by atoms with Crippen molar-refractivity contribution in [3.63, 3.8) is 0 Å². The molecule has 13 heteroatoms. The molecule has 2 aromatic rings. The molecule has 0 radical (unpaired) electrons. The third-order valence-corrected chi connectivity index (χ3v) is 6.15. The van der Waals surface area contributed by atoms with E-state index in [2.05, 4.69) is 19.7 Å². The molecule has 5 rings (SSSR count). The Hall–Kier alpha value is -3.64. The van der Waals surface area contributed by atoms with Crippen LogP contribution >= 0.6 is 0 Å². The number of rotatable bonds is 7. The van der Waals surface area contributed by atoms with Crippen LogP contribution in [-0.2, 0) is 9.59 Å². The molecule has 3 aliphatic heterocycles. The number of hydrogen-bond acceptors (Lipinski definition) is 8. The number of carbonyl (C=O) groups is 2. The van der Waals surface area contributed by atoms with E-state index >= 15 is 0 Å². The maximum atomic E-state index is 12.8. The van der Waals surface area contributed by atoms with Crippen molar-refractivity contribution in [1.29, 1.82) is 0 Å². The molecule has 186 valence electrons. The average molecular weight is 492 g/mol. The van der Waals surface area contributed by atoms with Crippen LogP contribution in [0.5, 0.6) is 11.6 Å². The van der Waals surface area contributed by atoms with E-state index in [9.17, 15) is 22.8 Å². The van der Waals surface area contributed by atoms with Gasteiger partial charge in [0.1, 0.15) is 5.75 Å². The first-order valence-electron chi connectivity index (χ1n) is 11.3. The lowest BCUT2D eigenvalue weighted by Crippen LogP contribution is -2.57. The van der Waals surface area contributed by atoms with Gasteiger partial charge in [-0.2, -0.15) is 13.2 Å². The summed E-state index contributed by atoms with van der Waals surface area (Å²) in [5.41, 5.74) is 0.535. The lowest BCUT2D eigenvalue weighted by molar-refractivity contribution is -0.154. The molecule has 2 aromatic heterocycles. The molecule has 35 heavy (non-hydrogen) atoms. The standard InChI is InChI=1S/C22H23F3N6O4/c23-22(24,25)13-34-18-3-2-16(10-26-18)35-17-4-7-31(20(17)33)15-8-27-21(28-9-15)30-11-14(12-30)19(32)29-5-1-6-29/h2-3,8-10,14,17H,1,4-7,11-13H2/t17-/m1/s1. The van der Waals surface area contributed by atoms with Crippen molar-refractivity contribution < 1.29 is 32.2 Å². The molecule has 0 saturated carbocycles. The van der Waals surface area contributed by atoms with Gasteiger partial charge in [-0.15, -0.1) is 0 Å². The largest absolute Gasteiger partial charge is 0.479 e. The SMILES string of the molecule is O=C(C1CN(c2ncc(N3CC[C@@H](Oc4ccc(OCC(F)(F)F)nc4)C3=O)cn2)C1)N1CCC1. The summed E-state index contributed by atoms with van der Waals surface area (Å²) < 4.78 is 46.9. The maximum Gasteiger partial charge on any atom is 0.422 e. The molecule has 2 amide bonds. The van der Waals surface area contributed by atoms with Gasteiger partial charge < -0.3 is 24.2 Å². The van der Waals surface area contributed by atoms with E-state index < -0.39 is 18.9 Å². The second kappa shape index (κ2) is 9.19. The molecule has 1 atom stereocenters. The third-order valence-electron chi connectivity index (χ3n) is 6.15. The van der Waals surface area contributed by atoms with Gasteiger partial charge in [0.15, 0.2) is 12.7 Å². The van der Waals surface area contributed by atoms with Crippen molar-refractivity contribution in [3.05, 3.63) is 30.7 Å². The lowest BCUT2D eigenvalue weighted by Gasteiger charge is -2.42. The van der Waals surface area contributed by atoms with Gasteiger partial charge in [-0.05, 0) is 12.5 Å². The van der Waals surface area contributed by atoms with Crippen LogP contribution in [-0.4, -0.2) is 83.3 Å². The third kappa shape index (κ3) is 5.08. The number of likely N-dealkylation sites (tertiary alicyclic amines) is 1. The molecule has 3 aliphatic rings. The molecule has 3 fully saturated rings. The van der Waals surface area contributed by atoms with Crippen molar-refractivity contribution in [2.45, 2.75) is 25.1 Å². The zero-order valence-corrected chi connectivity index (χ0v) is 18.6. The highest BCUT2D eigenvalue weighted by Crippen LogP contribution is 2.28. The van der Waals surface area contributed by atoms with Gasteiger partial charge in [0.2, 0.25) is 17.7 Å². The van der Waals surface area contributed by atoms with E-state index in [1.165, 1.54) is 23.2 Å². The van der Waals surface area contributed by atoms with Gasteiger partial charge in [0.25, 0.3) is 5.91 Å². The summed E-state index contributed by atoms with van der Waals surface area (Å²) in [5, 5.41) is 0. The summed E-state index contributed by atoms with van der Waals surface area (Å²) in [6.07, 6.45) is 0.622. The van der Waals surface area contributed by atoms with Gasteiger partial charge >= 0.3 is 6.18 Å². The Bertz CT molecular complexity index is 1070. The Balaban J connectivity index is 1.12. The van der Waals surface area contributed by atoms with Crippen LogP contribution in [0.25, 0.3) is 0 Å². The first-order chi connectivity index (χ1) is 16.8. The Kier molecular flexibility index (Phi) is 6.07. The van der Waals surface area contributed by atoms with Gasteiger partial charge in [-0.25, -0.2) is 15.0 Å². The normalized spacial score (nSPS) is 20.5. The van der Waals surface area contributed by atoms with Crippen LogP contribution < -0.4 is 19.3 Å². The lowest BCUT2D eigenvalue weighted by atomic mass is 9.97. The Labute approximate surface area is 198 Å². The minimum absolute atomic E-state index is 0.0172. The molecular weight excluding hydrogens is 469 g/mol. The first kappa shape index (κ1) is 23.1. The summed E-state index contributed by atoms with van der Waals surface area (Å²) in [6, 6.07) is 2.65. The number of carbonyl (C=O) groups excluding carboxylic acids is 2. The van der Waals surface area contributed by atoms with Gasteiger partial charge in [-0.1, -0.05) is 0 Å². The Morgan fingerprint density at radius 1 is 1.06 bits per heavy atom. The van der Waals surface area contributed by atoms with Crippen LogP contribution in [0.2, 0.25) is 0 Å². The fourth-order valence-corrected chi connectivity index (χ4v) is 4.07. The van der Waals surface area contributed by atoms with Crippen molar-refractivity contribution in [1.82, 2.24) is 19.9 Å². The minimum Gasteiger partial charge on any atom is -0.479 e. The second-order valence-electron chi connectivity index (χ2n) is 8.64. The quantitative estimate of drug-likeness (QED) is 0.576. The van der Waals surface area contributed by atoms with Gasteiger partial charge in [-0.3, -0.25) is 9.59 Å². The van der Waals surface area contributed by atoms with Gasteiger partial charge in [0, 0.05) is 45.2 Å². The molecule has 5 heterocycles. The number of halogens is 3. The van der Waals surface area contributed by atoms with Crippen molar-refractivity contribution in [2.24, 2.45) is 5.92 Å². The number of hydrogen-bond donors (Lipinski definition) is 0. The zero-order chi connectivity index (χ0) is 24.6. The first-order valence-corrected chi connectivity index (χ1v) is 11.3. The minimum atomic E-state index is -4.46. The average Bonchev–Trinajstić information content (AvgIpc) is 3.11. The molecule has 0 aliphatic carbocycles. The van der Waals surface area contributed by atoms with Crippen LogP contribution in [0.15, 0.2) is 30.7 Å². The summed E-state index contributed by atoms with van der Waals surface area (Å²) in [7, 11) is 0. The zero-order valence-electron chi connectivity index (χ0n) is 18.6. The molecule has 0 bridgehead atoms. The van der Waals surface area contributed by atoms with E-state index in [0.29, 0.717) is 37.7 Å².